The molecule has 2 N–H and O–H groups in total. The number of nitrogens with one attached hydrogen (secondary N) is 1. The molecule has 0 saturated carbocycles. The van der Waals surface area contributed by atoms with Crippen LogP contribution in [0.2, 0.25) is 0 Å². The third-order valence-electron chi connectivity index (χ3n) is 2.94. The predicted octanol–water partition coefficient (Wildman–Crippen LogP) is 3.92. The van der Waals surface area contributed by atoms with Crippen molar-refractivity contribution in [1.29, 1.82) is 0 Å². The summed E-state index contributed by atoms with van der Waals surface area (Å²) in [5, 5.41) is 14.2. The molecule has 2 aromatic rings. The molecule has 0 fully saturated rings. The second-order valence-electron chi connectivity index (χ2n) is 4.46. The molecule has 7 heteroatoms. The molecule has 0 aliphatic carbocycles. The molecule has 0 spiro atoms. The predicted molar refractivity (Wildman–Crippen MR) is 84.5 cm³/mol. The number of aliphatic hydroxyl groups excluding tert-OH is 1. The van der Waals surface area contributed by atoms with Crippen LogP contribution in [0.5, 0.6) is 0 Å². The van der Waals surface area contributed by atoms with Gasteiger partial charge < -0.3 is 10.4 Å². The van der Waals surface area contributed by atoms with Crippen LogP contribution in [0.4, 0.5) is 8.78 Å². The highest BCUT2D eigenvalue weighted by molar-refractivity contribution is 7.99. The first-order chi connectivity index (χ1) is 10.6. The third kappa shape index (κ3) is 4.79. The molecular weight excluding hydrogens is 328 g/mol. The van der Waals surface area contributed by atoms with Crippen molar-refractivity contribution in [2.24, 2.45) is 0 Å². The minimum Gasteiger partial charge on any atom is -0.388 e. The van der Waals surface area contributed by atoms with Crippen molar-refractivity contribution in [2.45, 2.75) is 23.2 Å². The van der Waals surface area contributed by atoms with Gasteiger partial charge in [0.15, 0.2) is 0 Å². The molecule has 0 saturated heterocycles. The van der Waals surface area contributed by atoms with Gasteiger partial charge in [-0.15, -0.1) is 11.3 Å². The lowest BCUT2D eigenvalue weighted by Crippen LogP contribution is -2.25. The Morgan fingerprint density at radius 1 is 1.27 bits per heavy atom. The molecule has 1 amide bonds. The molecule has 118 valence electrons. The van der Waals surface area contributed by atoms with Gasteiger partial charge in [0.05, 0.1) is 6.10 Å². The van der Waals surface area contributed by atoms with Crippen LogP contribution in [0, 0.1) is 0 Å². The van der Waals surface area contributed by atoms with E-state index in [1.807, 2.05) is 30.3 Å². The van der Waals surface area contributed by atoms with Gasteiger partial charge in [0.2, 0.25) is 0 Å². The molecule has 22 heavy (non-hydrogen) atoms. The van der Waals surface area contributed by atoms with Crippen LogP contribution in [0.1, 0.15) is 27.8 Å². The molecule has 1 heterocycles. The molecule has 1 aromatic heterocycles. The van der Waals surface area contributed by atoms with E-state index in [0.29, 0.717) is 18.2 Å². The van der Waals surface area contributed by atoms with Crippen molar-refractivity contribution in [3.05, 3.63) is 52.2 Å². The van der Waals surface area contributed by atoms with Gasteiger partial charge in [-0.1, -0.05) is 42.1 Å². The summed E-state index contributed by atoms with van der Waals surface area (Å²) in [6, 6.07) is 10.6. The van der Waals surface area contributed by atoms with E-state index in [0.717, 1.165) is 16.9 Å². The number of amides is 1. The van der Waals surface area contributed by atoms with E-state index in [1.165, 1.54) is 6.07 Å². The van der Waals surface area contributed by atoms with Crippen molar-refractivity contribution in [3.63, 3.8) is 0 Å². The lowest BCUT2D eigenvalue weighted by molar-refractivity contribution is 0.0944. The summed E-state index contributed by atoms with van der Waals surface area (Å²) < 4.78 is 24.8. The summed E-state index contributed by atoms with van der Waals surface area (Å²) in [4.78, 5) is 12.5. The normalized spacial score (nSPS) is 12.4. The van der Waals surface area contributed by atoms with Gasteiger partial charge in [0, 0.05) is 11.4 Å². The van der Waals surface area contributed by atoms with Gasteiger partial charge >= 0.3 is 0 Å². The van der Waals surface area contributed by atoms with Gasteiger partial charge in [-0.2, -0.15) is 8.78 Å². The number of thioether (sulfide) groups is 1. The molecule has 1 atom stereocenters. The Labute approximate surface area is 135 Å². The van der Waals surface area contributed by atoms with E-state index in [4.69, 9.17) is 0 Å². The first kappa shape index (κ1) is 16.9. The highest BCUT2D eigenvalue weighted by Gasteiger charge is 2.17. The van der Waals surface area contributed by atoms with Crippen molar-refractivity contribution in [1.82, 2.24) is 5.32 Å². The summed E-state index contributed by atoms with van der Waals surface area (Å²) in [6.45, 7) is 0.269. The number of hydrogen-bond acceptors (Lipinski definition) is 4. The van der Waals surface area contributed by atoms with E-state index in [9.17, 15) is 18.7 Å². The Morgan fingerprint density at radius 2 is 2.00 bits per heavy atom. The summed E-state index contributed by atoms with van der Waals surface area (Å²) in [5.74, 6) is -2.94. The number of rotatable bonds is 7. The highest BCUT2D eigenvalue weighted by Crippen LogP contribution is 2.31. The van der Waals surface area contributed by atoms with E-state index in [1.54, 1.807) is 5.38 Å². The van der Waals surface area contributed by atoms with Gasteiger partial charge in [-0.05, 0) is 23.4 Å². The summed E-state index contributed by atoms with van der Waals surface area (Å²) in [5.41, 5.74) is 0.779. The standard InChI is InChI=1S/C15H15F2NO2S2/c16-15(17)22-12-7-9-21-13(12)14(20)18-8-6-11(19)10-4-2-1-3-5-10/h1-5,7,9,11,15,19H,6,8H2,(H,18,20). The zero-order valence-electron chi connectivity index (χ0n) is 11.5. The monoisotopic (exact) mass is 343 g/mol. The van der Waals surface area contributed by atoms with Crippen LogP contribution < -0.4 is 5.32 Å². The van der Waals surface area contributed by atoms with Crippen LogP contribution in [0.3, 0.4) is 0 Å². The van der Waals surface area contributed by atoms with E-state index in [2.05, 4.69) is 5.32 Å². The van der Waals surface area contributed by atoms with Gasteiger partial charge in [-0.3, -0.25) is 4.79 Å². The van der Waals surface area contributed by atoms with Crippen molar-refractivity contribution >= 4 is 29.0 Å². The molecule has 0 bridgehead atoms. The SMILES string of the molecule is O=C(NCCC(O)c1ccccc1)c1sccc1SC(F)F. The number of thiophene rings is 1. The van der Waals surface area contributed by atoms with Gasteiger partial charge in [0.25, 0.3) is 11.7 Å². The molecule has 0 aliphatic heterocycles. The fourth-order valence-electron chi connectivity index (χ4n) is 1.90. The van der Waals surface area contributed by atoms with Gasteiger partial charge in [-0.25, -0.2) is 0 Å². The number of hydrogen-bond donors (Lipinski definition) is 2. The third-order valence-corrected chi connectivity index (χ3v) is 4.75. The number of carbonyl (C=O) groups is 1. The van der Waals surface area contributed by atoms with Gasteiger partial charge in [0.1, 0.15) is 4.88 Å². The fraction of sp³-hybridized carbons (Fsp3) is 0.267. The molecule has 0 radical (unpaired) electrons. The molecule has 3 nitrogen and oxygen atoms in total. The van der Waals surface area contributed by atoms with Crippen LogP contribution in [-0.4, -0.2) is 23.3 Å². The summed E-state index contributed by atoms with van der Waals surface area (Å²) >= 11 is 1.49. The van der Waals surface area contributed by atoms with Crippen LogP contribution >= 0.6 is 23.1 Å². The minimum atomic E-state index is -2.55. The van der Waals surface area contributed by atoms with E-state index in [-0.39, 0.29) is 16.3 Å². The van der Waals surface area contributed by atoms with E-state index < -0.39 is 17.8 Å². The zero-order chi connectivity index (χ0) is 15.9. The van der Waals surface area contributed by atoms with Crippen LogP contribution in [0.15, 0.2) is 46.7 Å². The second kappa shape index (κ2) is 8.26. The molecule has 1 unspecified atom stereocenters. The van der Waals surface area contributed by atoms with E-state index >= 15 is 0 Å². The van der Waals surface area contributed by atoms with Crippen molar-refractivity contribution < 1.29 is 18.7 Å². The average Bonchev–Trinajstić information content (AvgIpc) is 2.95. The van der Waals surface area contributed by atoms with Crippen molar-refractivity contribution in [3.8, 4) is 0 Å². The number of aliphatic hydroxyl groups is 1. The number of halogens is 2. The lowest BCUT2D eigenvalue weighted by Gasteiger charge is -2.11. The summed E-state index contributed by atoms with van der Waals surface area (Å²) in [7, 11) is 0. The molecule has 2 rings (SSSR count). The minimum absolute atomic E-state index is 0.269. The second-order valence-corrected chi connectivity index (χ2v) is 6.41. The first-order valence-corrected chi connectivity index (χ1v) is 8.37. The lowest BCUT2D eigenvalue weighted by atomic mass is 10.1. The quantitative estimate of drug-likeness (QED) is 0.749. The number of alkyl halides is 2. The Balaban J connectivity index is 1.84. The fourth-order valence-corrected chi connectivity index (χ4v) is 3.51. The molecular formula is C15H15F2NO2S2. The summed E-state index contributed by atoms with van der Waals surface area (Å²) in [6.07, 6.45) is -0.307. The van der Waals surface area contributed by atoms with Crippen LogP contribution in [0.25, 0.3) is 0 Å². The molecule has 1 aromatic carbocycles. The van der Waals surface area contributed by atoms with Crippen LogP contribution in [-0.2, 0) is 0 Å². The maximum Gasteiger partial charge on any atom is 0.288 e. The Kier molecular flexibility index (Phi) is 6.35. The topological polar surface area (TPSA) is 49.3 Å². The average molecular weight is 343 g/mol. The largest absolute Gasteiger partial charge is 0.388 e. The zero-order valence-corrected chi connectivity index (χ0v) is 13.2. The Hall–Kier alpha value is -1.44. The highest BCUT2D eigenvalue weighted by atomic mass is 32.2. The molecule has 0 aliphatic rings. The Morgan fingerprint density at radius 3 is 2.68 bits per heavy atom. The number of carbonyl (C=O) groups excluding carboxylic acids is 1. The maximum absolute atomic E-state index is 12.4. The maximum atomic E-state index is 12.4. The smallest absolute Gasteiger partial charge is 0.288 e. The van der Waals surface area contributed by atoms with Crippen molar-refractivity contribution in [2.75, 3.05) is 6.54 Å². The first-order valence-electron chi connectivity index (χ1n) is 6.61. The Bertz CT molecular complexity index is 605. The number of benzene rings is 1.